The number of hydrogen-bond acceptors (Lipinski definition) is 3. The van der Waals surface area contributed by atoms with Gasteiger partial charge in [0.2, 0.25) is 0 Å². The Bertz CT molecular complexity index is 998. The van der Waals surface area contributed by atoms with E-state index in [0.717, 1.165) is 19.1 Å². The van der Waals surface area contributed by atoms with Crippen LogP contribution in [0, 0.1) is 0 Å². The van der Waals surface area contributed by atoms with Gasteiger partial charge in [0.1, 0.15) is 17.6 Å². The topological polar surface area (TPSA) is 35.5 Å². The van der Waals surface area contributed by atoms with E-state index in [2.05, 4.69) is 42.5 Å². The lowest BCUT2D eigenvalue weighted by atomic mass is 9.97. The molecule has 4 rings (SSSR count). The summed E-state index contributed by atoms with van der Waals surface area (Å²) in [5, 5.41) is 0.415. The van der Waals surface area contributed by atoms with Crippen molar-refractivity contribution < 1.29 is 14.3 Å². The van der Waals surface area contributed by atoms with Crippen LogP contribution in [0.15, 0.2) is 60.7 Å². The van der Waals surface area contributed by atoms with Crippen molar-refractivity contribution in [3.8, 4) is 22.6 Å². The fourth-order valence-corrected chi connectivity index (χ4v) is 4.01. The summed E-state index contributed by atoms with van der Waals surface area (Å²) in [6, 6.07) is 20.1. The average molecular weight is 393 g/mol. The van der Waals surface area contributed by atoms with Gasteiger partial charge in [-0.05, 0) is 48.1 Å². The molecule has 0 radical (unpaired) electrons. The highest BCUT2D eigenvalue weighted by molar-refractivity contribution is 6.32. The number of rotatable bonds is 6. The van der Waals surface area contributed by atoms with Gasteiger partial charge < -0.3 is 9.47 Å². The molecule has 28 heavy (non-hydrogen) atoms. The van der Waals surface area contributed by atoms with Gasteiger partial charge in [0.15, 0.2) is 6.29 Å². The third-order valence-corrected chi connectivity index (χ3v) is 5.36. The zero-order valence-electron chi connectivity index (χ0n) is 15.7. The van der Waals surface area contributed by atoms with Crippen LogP contribution in [0.3, 0.4) is 0 Å². The fourth-order valence-electron chi connectivity index (χ4n) is 3.79. The SMILES string of the molecule is CCOc1cc(O[C@H]2CCc3c(-c4ccccc4)cccc32)c(Cl)cc1C=O. The molecular formula is C24H21ClO3. The van der Waals surface area contributed by atoms with Gasteiger partial charge in [-0.1, -0.05) is 60.1 Å². The van der Waals surface area contributed by atoms with Gasteiger partial charge in [0.25, 0.3) is 0 Å². The molecule has 3 aromatic carbocycles. The molecule has 0 heterocycles. The molecule has 3 aromatic rings. The van der Waals surface area contributed by atoms with Gasteiger partial charge in [0.05, 0.1) is 17.2 Å². The number of hydrogen-bond donors (Lipinski definition) is 0. The summed E-state index contributed by atoms with van der Waals surface area (Å²) in [5.41, 5.74) is 5.41. The van der Waals surface area contributed by atoms with Crippen molar-refractivity contribution in [1.29, 1.82) is 0 Å². The fraction of sp³-hybridized carbons (Fsp3) is 0.208. The van der Waals surface area contributed by atoms with Crippen molar-refractivity contribution in [3.63, 3.8) is 0 Å². The Labute approximate surface area is 169 Å². The minimum absolute atomic E-state index is 0.0762. The summed E-state index contributed by atoms with van der Waals surface area (Å²) in [5.74, 6) is 1.03. The van der Waals surface area contributed by atoms with Gasteiger partial charge >= 0.3 is 0 Å². The molecule has 0 aromatic heterocycles. The highest BCUT2D eigenvalue weighted by atomic mass is 35.5. The van der Waals surface area contributed by atoms with Crippen LogP contribution >= 0.6 is 11.6 Å². The van der Waals surface area contributed by atoms with Crippen LogP contribution in [0.2, 0.25) is 5.02 Å². The molecule has 1 aliphatic rings. The minimum Gasteiger partial charge on any atom is -0.493 e. The second-order valence-corrected chi connectivity index (χ2v) is 7.16. The monoisotopic (exact) mass is 392 g/mol. The lowest BCUT2D eigenvalue weighted by Crippen LogP contribution is -2.05. The second-order valence-electron chi connectivity index (χ2n) is 6.76. The summed E-state index contributed by atoms with van der Waals surface area (Å²) < 4.78 is 11.8. The van der Waals surface area contributed by atoms with Crippen molar-refractivity contribution in [2.45, 2.75) is 25.9 Å². The summed E-state index contributed by atoms with van der Waals surface area (Å²) in [7, 11) is 0. The maximum atomic E-state index is 11.3. The lowest BCUT2D eigenvalue weighted by molar-refractivity contribution is 0.111. The first-order chi connectivity index (χ1) is 13.7. The molecule has 142 valence electrons. The molecule has 3 nitrogen and oxygen atoms in total. The lowest BCUT2D eigenvalue weighted by Gasteiger charge is -2.18. The van der Waals surface area contributed by atoms with Crippen LogP contribution in [0.4, 0.5) is 0 Å². The van der Waals surface area contributed by atoms with Crippen LogP contribution in [-0.2, 0) is 6.42 Å². The maximum absolute atomic E-state index is 11.3. The van der Waals surface area contributed by atoms with Gasteiger partial charge in [-0.25, -0.2) is 0 Å². The molecule has 0 aliphatic heterocycles. The Morgan fingerprint density at radius 1 is 1.07 bits per heavy atom. The smallest absolute Gasteiger partial charge is 0.153 e. The molecule has 4 heteroatoms. The predicted octanol–water partition coefficient (Wildman–Crippen LogP) is 6.28. The first kappa shape index (κ1) is 18.6. The van der Waals surface area contributed by atoms with Crippen molar-refractivity contribution in [2.75, 3.05) is 6.61 Å². The number of fused-ring (bicyclic) bond motifs is 1. The van der Waals surface area contributed by atoms with E-state index in [4.69, 9.17) is 21.1 Å². The normalized spacial score (nSPS) is 15.1. The molecule has 0 unspecified atom stereocenters. The number of carbonyl (C=O) groups is 1. The summed E-state index contributed by atoms with van der Waals surface area (Å²) in [6.45, 7) is 2.34. The predicted molar refractivity (Wildman–Crippen MR) is 112 cm³/mol. The molecule has 0 N–H and O–H groups in total. The highest BCUT2D eigenvalue weighted by Crippen LogP contribution is 2.42. The van der Waals surface area contributed by atoms with E-state index in [9.17, 15) is 4.79 Å². The Morgan fingerprint density at radius 3 is 2.64 bits per heavy atom. The van der Waals surface area contributed by atoms with E-state index in [1.807, 2.05) is 13.0 Å². The van der Waals surface area contributed by atoms with Crippen molar-refractivity contribution in [2.24, 2.45) is 0 Å². The molecule has 1 atom stereocenters. The summed E-state index contributed by atoms with van der Waals surface area (Å²) in [6.07, 6.45) is 2.51. The van der Waals surface area contributed by atoms with E-state index in [1.165, 1.54) is 22.3 Å². The van der Waals surface area contributed by atoms with Crippen LogP contribution in [0.25, 0.3) is 11.1 Å². The molecule has 0 saturated heterocycles. The number of ether oxygens (including phenoxy) is 2. The van der Waals surface area contributed by atoms with Crippen molar-refractivity contribution in [1.82, 2.24) is 0 Å². The van der Waals surface area contributed by atoms with E-state index in [0.29, 0.717) is 28.7 Å². The third-order valence-electron chi connectivity index (χ3n) is 5.06. The van der Waals surface area contributed by atoms with Crippen molar-refractivity contribution in [3.05, 3.63) is 82.4 Å². The maximum Gasteiger partial charge on any atom is 0.153 e. The third kappa shape index (κ3) is 3.50. The molecule has 0 saturated carbocycles. The Kier molecular flexibility index (Phi) is 5.36. The van der Waals surface area contributed by atoms with E-state index in [1.54, 1.807) is 12.1 Å². The van der Waals surface area contributed by atoms with Gasteiger partial charge in [-0.2, -0.15) is 0 Å². The number of carbonyl (C=O) groups excluding carboxylic acids is 1. The first-order valence-corrected chi connectivity index (χ1v) is 9.84. The number of aldehydes is 1. The van der Waals surface area contributed by atoms with Gasteiger partial charge in [-0.3, -0.25) is 4.79 Å². The summed E-state index contributed by atoms with van der Waals surface area (Å²) >= 11 is 6.37. The van der Waals surface area contributed by atoms with Crippen LogP contribution in [0.1, 0.15) is 40.9 Å². The summed E-state index contributed by atoms with van der Waals surface area (Å²) in [4.78, 5) is 11.3. The van der Waals surface area contributed by atoms with Crippen LogP contribution < -0.4 is 9.47 Å². The second kappa shape index (κ2) is 8.07. The zero-order valence-corrected chi connectivity index (χ0v) is 16.4. The van der Waals surface area contributed by atoms with E-state index >= 15 is 0 Å². The zero-order chi connectivity index (χ0) is 19.5. The van der Waals surface area contributed by atoms with Gasteiger partial charge in [-0.15, -0.1) is 0 Å². The van der Waals surface area contributed by atoms with Crippen LogP contribution in [-0.4, -0.2) is 12.9 Å². The molecule has 1 aliphatic carbocycles. The standard InChI is InChI=1S/C24H21ClO3/c1-2-27-23-14-24(21(25)13-17(23)15-26)28-22-12-11-19-18(9-6-10-20(19)22)16-7-4-3-5-8-16/h3-10,13-15,22H,2,11-12H2,1H3/t22-/m0/s1. The molecule has 0 spiro atoms. The Hall–Kier alpha value is -2.78. The highest BCUT2D eigenvalue weighted by Gasteiger charge is 2.27. The van der Waals surface area contributed by atoms with E-state index in [-0.39, 0.29) is 6.10 Å². The first-order valence-electron chi connectivity index (χ1n) is 9.46. The number of benzene rings is 3. The minimum atomic E-state index is -0.0762. The Morgan fingerprint density at radius 2 is 1.89 bits per heavy atom. The van der Waals surface area contributed by atoms with Crippen LogP contribution in [0.5, 0.6) is 11.5 Å². The van der Waals surface area contributed by atoms with E-state index < -0.39 is 0 Å². The number of halogens is 1. The quantitative estimate of drug-likeness (QED) is 0.463. The molecule has 0 amide bonds. The molecular weight excluding hydrogens is 372 g/mol. The van der Waals surface area contributed by atoms with Gasteiger partial charge in [0, 0.05) is 6.07 Å². The molecule has 0 fully saturated rings. The molecule has 0 bridgehead atoms. The van der Waals surface area contributed by atoms with Crippen molar-refractivity contribution >= 4 is 17.9 Å². The largest absolute Gasteiger partial charge is 0.493 e. The Balaban J connectivity index is 1.66. The average Bonchev–Trinajstić information content (AvgIpc) is 3.14.